The number of allylic oxidation sites excluding steroid dienone is 2. The first-order valence-corrected chi connectivity index (χ1v) is 3.93. The molecule has 0 heterocycles. The van der Waals surface area contributed by atoms with E-state index in [2.05, 4.69) is 4.74 Å². The molecule has 0 fully saturated rings. The lowest BCUT2D eigenvalue weighted by Crippen LogP contribution is -2.24. The van der Waals surface area contributed by atoms with Gasteiger partial charge in [0.2, 0.25) is 0 Å². The van der Waals surface area contributed by atoms with Crippen molar-refractivity contribution in [3.05, 3.63) is 11.6 Å². The highest BCUT2D eigenvalue weighted by Gasteiger charge is 2.25. The molecule has 0 saturated carbocycles. The number of hydrogen-bond donors (Lipinski definition) is 1. The number of rotatable bonds is 4. The molecule has 0 aromatic heterocycles. The number of carboxylic acid groups (broad SMARTS) is 1. The van der Waals surface area contributed by atoms with Crippen LogP contribution in [0.2, 0.25) is 0 Å². The molecule has 1 atom stereocenters. The van der Waals surface area contributed by atoms with Crippen LogP contribution in [0.3, 0.4) is 0 Å². The summed E-state index contributed by atoms with van der Waals surface area (Å²) in [7, 11) is 1.18. The summed E-state index contributed by atoms with van der Waals surface area (Å²) in [5.74, 6) is -2.94. The second-order valence-corrected chi connectivity index (χ2v) is 2.93. The fraction of sp³-hybridized carbons (Fsp3) is 0.556. The standard InChI is InChI=1S/C9H14O4/c1-6(2)4-5-7(8(10)11)9(12)13-3/h4,7H,5H2,1-3H3,(H,10,11). The third kappa shape index (κ3) is 4.30. The molecule has 0 radical (unpaired) electrons. The van der Waals surface area contributed by atoms with Crippen LogP contribution in [0.5, 0.6) is 0 Å². The van der Waals surface area contributed by atoms with Crippen LogP contribution in [-0.4, -0.2) is 24.2 Å². The number of methoxy groups -OCH3 is 1. The van der Waals surface area contributed by atoms with E-state index in [1.807, 2.05) is 13.8 Å². The van der Waals surface area contributed by atoms with E-state index >= 15 is 0 Å². The Kier molecular flexibility index (Phi) is 4.80. The van der Waals surface area contributed by atoms with Gasteiger partial charge in [-0.05, 0) is 20.3 Å². The Hall–Kier alpha value is -1.32. The summed E-state index contributed by atoms with van der Waals surface area (Å²) in [5, 5.41) is 8.66. The Balaban J connectivity index is 4.36. The monoisotopic (exact) mass is 186 g/mol. The predicted octanol–water partition coefficient (Wildman–Crippen LogP) is 1.22. The van der Waals surface area contributed by atoms with Crippen LogP contribution in [-0.2, 0) is 14.3 Å². The van der Waals surface area contributed by atoms with E-state index in [9.17, 15) is 9.59 Å². The first-order valence-electron chi connectivity index (χ1n) is 3.93. The second-order valence-electron chi connectivity index (χ2n) is 2.93. The molecule has 0 aliphatic rings. The Morgan fingerprint density at radius 3 is 2.31 bits per heavy atom. The maximum Gasteiger partial charge on any atom is 0.320 e. The van der Waals surface area contributed by atoms with Crippen molar-refractivity contribution >= 4 is 11.9 Å². The number of hydrogen-bond acceptors (Lipinski definition) is 3. The zero-order chi connectivity index (χ0) is 10.4. The van der Waals surface area contributed by atoms with Gasteiger partial charge in [0, 0.05) is 0 Å². The summed E-state index contributed by atoms with van der Waals surface area (Å²) in [6.45, 7) is 3.69. The van der Waals surface area contributed by atoms with Crippen molar-refractivity contribution in [2.75, 3.05) is 7.11 Å². The molecule has 0 saturated heterocycles. The maximum atomic E-state index is 10.9. The van der Waals surface area contributed by atoms with Crippen LogP contribution in [0.25, 0.3) is 0 Å². The van der Waals surface area contributed by atoms with Gasteiger partial charge in [0.05, 0.1) is 7.11 Å². The van der Waals surface area contributed by atoms with E-state index in [1.54, 1.807) is 6.08 Å². The number of aliphatic carboxylic acids is 1. The minimum absolute atomic E-state index is 0.185. The van der Waals surface area contributed by atoms with Gasteiger partial charge in [-0.2, -0.15) is 0 Å². The lowest BCUT2D eigenvalue weighted by Gasteiger charge is -2.06. The average molecular weight is 186 g/mol. The van der Waals surface area contributed by atoms with E-state index in [1.165, 1.54) is 7.11 Å². The number of carboxylic acids is 1. The lowest BCUT2D eigenvalue weighted by molar-refractivity contribution is -0.156. The van der Waals surface area contributed by atoms with Crippen molar-refractivity contribution in [3.63, 3.8) is 0 Å². The topological polar surface area (TPSA) is 63.6 Å². The van der Waals surface area contributed by atoms with Crippen molar-refractivity contribution in [2.24, 2.45) is 5.92 Å². The molecule has 4 nitrogen and oxygen atoms in total. The van der Waals surface area contributed by atoms with Crippen molar-refractivity contribution in [3.8, 4) is 0 Å². The number of ether oxygens (including phenoxy) is 1. The van der Waals surface area contributed by atoms with Gasteiger partial charge in [-0.1, -0.05) is 11.6 Å². The predicted molar refractivity (Wildman–Crippen MR) is 47.2 cm³/mol. The van der Waals surface area contributed by atoms with Crippen LogP contribution >= 0.6 is 0 Å². The van der Waals surface area contributed by atoms with E-state index < -0.39 is 17.9 Å². The molecule has 0 aliphatic heterocycles. The van der Waals surface area contributed by atoms with Gasteiger partial charge < -0.3 is 9.84 Å². The molecule has 0 bridgehead atoms. The fourth-order valence-corrected chi connectivity index (χ4v) is 0.794. The number of esters is 1. The molecule has 74 valence electrons. The highest BCUT2D eigenvalue weighted by Crippen LogP contribution is 2.08. The molecule has 4 heteroatoms. The lowest BCUT2D eigenvalue weighted by atomic mass is 10.0. The van der Waals surface area contributed by atoms with Gasteiger partial charge in [0.1, 0.15) is 0 Å². The zero-order valence-corrected chi connectivity index (χ0v) is 8.03. The third-order valence-corrected chi connectivity index (χ3v) is 1.55. The first kappa shape index (κ1) is 11.7. The largest absolute Gasteiger partial charge is 0.481 e. The summed E-state index contributed by atoms with van der Waals surface area (Å²) < 4.78 is 4.36. The SMILES string of the molecule is COC(=O)C(CC=C(C)C)C(=O)O. The third-order valence-electron chi connectivity index (χ3n) is 1.55. The maximum absolute atomic E-state index is 10.9. The van der Waals surface area contributed by atoms with Crippen LogP contribution in [0, 0.1) is 5.92 Å². The Morgan fingerprint density at radius 1 is 1.46 bits per heavy atom. The molecule has 0 aliphatic carbocycles. The van der Waals surface area contributed by atoms with Crippen molar-refractivity contribution in [1.82, 2.24) is 0 Å². The molecule has 0 spiro atoms. The summed E-state index contributed by atoms with van der Waals surface area (Å²) in [4.78, 5) is 21.5. The van der Waals surface area contributed by atoms with E-state index in [0.29, 0.717) is 0 Å². The Morgan fingerprint density at radius 2 is 2.00 bits per heavy atom. The molecule has 0 amide bonds. The quantitative estimate of drug-likeness (QED) is 0.407. The van der Waals surface area contributed by atoms with Gasteiger partial charge >= 0.3 is 11.9 Å². The number of carbonyl (C=O) groups excluding carboxylic acids is 1. The van der Waals surface area contributed by atoms with E-state index in [0.717, 1.165) is 5.57 Å². The average Bonchev–Trinajstić information content (AvgIpc) is 2.03. The Labute approximate surface area is 77.2 Å². The normalized spacial score (nSPS) is 11.6. The molecular weight excluding hydrogens is 172 g/mol. The fourth-order valence-electron chi connectivity index (χ4n) is 0.794. The molecule has 13 heavy (non-hydrogen) atoms. The molecule has 0 aromatic carbocycles. The molecule has 1 N–H and O–H groups in total. The van der Waals surface area contributed by atoms with Crippen molar-refractivity contribution in [1.29, 1.82) is 0 Å². The van der Waals surface area contributed by atoms with Crippen molar-refractivity contribution < 1.29 is 19.4 Å². The van der Waals surface area contributed by atoms with Crippen molar-refractivity contribution in [2.45, 2.75) is 20.3 Å². The van der Waals surface area contributed by atoms with Crippen LogP contribution in [0.4, 0.5) is 0 Å². The van der Waals surface area contributed by atoms with Gasteiger partial charge in [-0.15, -0.1) is 0 Å². The summed E-state index contributed by atoms with van der Waals surface area (Å²) >= 11 is 0. The minimum atomic E-state index is -1.15. The molecule has 1 unspecified atom stereocenters. The van der Waals surface area contributed by atoms with Crippen LogP contribution < -0.4 is 0 Å². The van der Waals surface area contributed by atoms with Gasteiger partial charge in [0.25, 0.3) is 0 Å². The van der Waals surface area contributed by atoms with Crippen LogP contribution in [0.1, 0.15) is 20.3 Å². The van der Waals surface area contributed by atoms with E-state index in [4.69, 9.17) is 5.11 Å². The summed E-state index contributed by atoms with van der Waals surface area (Å²) in [6.07, 6.45) is 1.89. The highest BCUT2D eigenvalue weighted by molar-refractivity contribution is 5.94. The first-order chi connectivity index (χ1) is 5.99. The molecular formula is C9H14O4. The van der Waals surface area contributed by atoms with Gasteiger partial charge in [-0.25, -0.2) is 0 Å². The van der Waals surface area contributed by atoms with Gasteiger partial charge in [0.15, 0.2) is 5.92 Å². The minimum Gasteiger partial charge on any atom is -0.481 e. The summed E-state index contributed by atoms with van der Waals surface area (Å²) in [5.41, 5.74) is 0.982. The Bertz CT molecular complexity index is 226. The molecule has 0 aromatic rings. The van der Waals surface area contributed by atoms with Gasteiger partial charge in [-0.3, -0.25) is 9.59 Å². The smallest absolute Gasteiger partial charge is 0.320 e. The zero-order valence-electron chi connectivity index (χ0n) is 8.03. The van der Waals surface area contributed by atoms with Crippen LogP contribution in [0.15, 0.2) is 11.6 Å². The number of carbonyl (C=O) groups is 2. The summed E-state index contributed by atoms with van der Waals surface area (Å²) in [6, 6.07) is 0. The highest BCUT2D eigenvalue weighted by atomic mass is 16.5. The van der Waals surface area contributed by atoms with E-state index in [-0.39, 0.29) is 6.42 Å². The second kappa shape index (κ2) is 5.35. The molecule has 0 rings (SSSR count).